The minimum atomic E-state index is 0. The molecule has 1 aromatic carbocycles. The predicted octanol–water partition coefficient (Wildman–Crippen LogP) is 3.60. The monoisotopic (exact) mass is 550 g/mol. The second-order valence-electron chi connectivity index (χ2n) is 8.03. The molecule has 0 atom stereocenters. The van der Waals surface area contributed by atoms with E-state index in [1.807, 2.05) is 18.3 Å². The molecule has 1 aromatic heterocycles. The van der Waals surface area contributed by atoms with E-state index in [1.165, 1.54) is 12.8 Å². The zero-order valence-corrected chi connectivity index (χ0v) is 21.5. The van der Waals surface area contributed by atoms with Crippen LogP contribution >= 0.6 is 24.0 Å². The first kappa shape index (κ1) is 24.4. The second kappa shape index (κ2) is 12.1. The van der Waals surface area contributed by atoms with E-state index in [9.17, 15) is 0 Å². The molecule has 32 heavy (non-hydrogen) atoms. The van der Waals surface area contributed by atoms with Gasteiger partial charge in [-0.3, -0.25) is 0 Å². The Hall–Kier alpha value is -2.23. The van der Waals surface area contributed by atoms with Gasteiger partial charge in [-0.25, -0.2) is 9.98 Å². The van der Waals surface area contributed by atoms with Crippen LogP contribution in [0.5, 0.6) is 5.75 Å². The molecule has 8 heteroatoms. The zero-order chi connectivity index (χ0) is 21.5. The minimum absolute atomic E-state index is 0. The van der Waals surface area contributed by atoms with Crippen molar-refractivity contribution in [2.75, 3.05) is 62.7 Å². The molecule has 7 nitrogen and oxygen atoms in total. The molecular weight excluding hydrogens is 515 g/mol. The predicted molar refractivity (Wildman–Crippen MR) is 143 cm³/mol. The fourth-order valence-corrected chi connectivity index (χ4v) is 4.29. The van der Waals surface area contributed by atoms with E-state index < -0.39 is 0 Å². The maximum atomic E-state index is 5.54. The SMILES string of the molecule is CCNC(=NCc1ccc(N2CCCC2)nc1)N1CCN(c2ccccc2OC)CC1.I. The van der Waals surface area contributed by atoms with Gasteiger partial charge in [-0.1, -0.05) is 18.2 Å². The fourth-order valence-electron chi connectivity index (χ4n) is 4.29. The summed E-state index contributed by atoms with van der Waals surface area (Å²) in [6.45, 7) is 9.60. The lowest BCUT2D eigenvalue weighted by molar-refractivity contribution is 0.367. The number of benzene rings is 1. The van der Waals surface area contributed by atoms with Crippen molar-refractivity contribution in [2.45, 2.75) is 26.3 Å². The highest BCUT2D eigenvalue weighted by Gasteiger charge is 2.21. The summed E-state index contributed by atoms with van der Waals surface area (Å²) in [7, 11) is 1.73. The van der Waals surface area contributed by atoms with Crippen molar-refractivity contribution < 1.29 is 4.74 Å². The number of aliphatic imine (C=N–C) groups is 1. The maximum absolute atomic E-state index is 5.54. The van der Waals surface area contributed by atoms with Crippen molar-refractivity contribution in [1.29, 1.82) is 0 Å². The summed E-state index contributed by atoms with van der Waals surface area (Å²) in [6.07, 6.45) is 4.51. The van der Waals surface area contributed by atoms with Crippen LogP contribution in [0.2, 0.25) is 0 Å². The number of hydrogen-bond acceptors (Lipinski definition) is 5. The molecule has 0 aliphatic carbocycles. The highest BCUT2D eigenvalue weighted by atomic mass is 127. The highest BCUT2D eigenvalue weighted by molar-refractivity contribution is 14.0. The Morgan fingerprint density at radius 3 is 2.41 bits per heavy atom. The Morgan fingerprint density at radius 2 is 1.75 bits per heavy atom. The van der Waals surface area contributed by atoms with E-state index in [1.54, 1.807) is 7.11 Å². The summed E-state index contributed by atoms with van der Waals surface area (Å²) >= 11 is 0. The molecule has 2 aromatic rings. The van der Waals surface area contributed by atoms with Crippen molar-refractivity contribution in [3.63, 3.8) is 0 Å². The number of guanidine groups is 1. The molecule has 174 valence electrons. The van der Waals surface area contributed by atoms with E-state index >= 15 is 0 Å². The third-order valence-electron chi connectivity index (χ3n) is 5.99. The largest absolute Gasteiger partial charge is 0.495 e. The minimum Gasteiger partial charge on any atom is -0.495 e. The molecule has 0 unspecified atom stereocenters. The molecule has 2 aliphatic heterocycles. The van der Waals surface area contributed by atoms with Crippen LogP contribution in [0.4, 0.5) is 11.5 Å². The number of piperazine rings is 1. The van der Waals surface area contributed by atoms with E-state index in [4.69, 9.17) is 9.73 Å². The number of para-hydroxylation sites is 2. The van der Waals surface area contributed by atoms with Crippen molar-refractivity contribution in [3.8, 4) is 5.75 Å². The number of ether oxygens (including phenoxy) is 1. The first-order chi connectivity index (χ1) is 15.3. The second-order valence-corrected chi connectivity index (χ2v) is 8.03. The smallest absolute Gasteiger partial charge is 0.194 e. The third-order valence-corrected chi connectivity index (χ3v) is 5.99. The number of halogens is 1. The number of methoxy groups -OCH3 is 1. The molecule has 1 N–H and O–H groups in total. The van der Waals surface area contributed by atoms with Crippen molar-refractivity contribution in [2.24, 2.45) is 4.99 Å². The van der Waals surface area contributed by atoms with Crippen LogP contribution in [0.25, 0.3) is 0 Å². The van der Waals surface area contributed by atoms with Crippen LogP contribution in [0.15, 0.2) is 47.6 Å². The van der Waals surface area contributed by atoms with Gasteiger partial charge >= 0.3 is 0 Å². The Labute approximate surface area is 208 Å². The molecule has 0 amide bonds. The highest BCUT2D eigenvalue weighted by Crippen LogP contribution is 2.28. The van der Waals surface area contributed by atoms with Crippen LogP contribution in [-0.4, -0.2) is 68.8 Å². The number of nitrogens with zero attached hydrogens (tertiary/aromatic N) is 5. The molecule has 2 saturated heterocycles. The number of anilines is 2. The maximum Gasteiger partial charge on any atom is 0.194 e. The van der Waals surface area contributed by atoms with Gasteiger partial charge in [-0.2, -0.15) is 0 Å². The lowest BCUT2D eigenvalue weighted by Crippen LogP contribution is -2.52. The number of pyridine rings is 1. The Bertz CT molecular complexity index is 861. The first-order valence-electron chi connectivity index (χ1n) is 11.4. The number of hydrogen-bond donors (Lipinski definition) is 1. The van der Waals surface area contributed by atoms with Crippen LogP contribution in [0.3, 0.4) is 0 Å². The zero-order valence-electron chi connectivity index (χ0n) is 19.2. The fraction of sp³-hybridized carbons (Fsp3) is 0.500. The van der Waals surface area contributed by atoms with Gasteiger partial charge in [0.25, 0.3) is 0 Å². The summed E-state index contributed by atoms with van der Waals surface area (Å²) in [5.74, 6) is 3.00. The van der Waals surface area contributed by atoms with Gasteiger partial charge in [0.15, 0.2) is 5.96 Å². The standard InChI is InChI=1S/C24H34N6O.HI/c1-3-25-24(27-19-20-10-11-23(26-18-20)29-12-6-7-13-29)30-16-14-28(15-17-30)21-8-4-5-9-22(21)31-2;/h4-5,8-11,18H,3,6-7,12-17,19H2,1-2H3,(H,25,27);1H. The lowest BCUT2D eigenvalue weighted by Gasteiger charge is -2.38. The summed E-state index contributed by atoms with van der Waals surface area (Å²) in [6, 6.07) is 12.5. The average molecular weight is 550 g/mol. The van der Waals surface area contributed by atoms with Crippen molar-refractivity contribution >= 4 is 41.4 Å². The van der Waals surface area contributed by atoms with Gasteiger partial charge < -0.3 is 24.8 Å². The van der Waals surface area contributed by atoms with Crippen LogP contribution < -0.4 is 19.9 Å². The third kappa shape index (κ3) is 5.96. The summed E-state index contributed by atoms with van der Waals surface area (Å²) < 4.78 is 5.54. The normalized spacial score (nSPS) is 16.7. The molecular formula is C24H35IN6O. The Morgan fingerprint density at radius 1 is 1.00 bits per heavy atom. The summed E-state index contributed by atoms with van der Waals surface area (Å²) in [5.41, 5.74) is 2.31. The summed E-state index contributed by atoms with van der Waals surface area (Å²) in [4.78, 5) is 16.7. The molecule has 0 radical (unpaired) electrons. The van der Waals surface area contributed by atoms with E-state index in [0.717, 1.165) is 74.6 Å². The van der Waals surface area contributed by atoms with Gasteiger partial charge in [0.2, 0.25) is 0 Å². The lowest BCUT2D eigenvalue weighted by atomic mass is 10.2. The molecule has 3 heterocycles. The van der Waals surface area contributed by atoms with E-state index in [2.05, 4.69) is 56.2 Å². The van der Waals surface area contributed by atoms with Crippen LogP contribution in [-0.2, 0) is 6.54 Å². The van der Waals surface area contributed by atoms with Crippen molar-refractivity contribution in [3.05, 3.63) is 48.2 Å². The topological polar surface area (TPSA) is 56.2 Å². The molecule has 0 saturated carbocycles. The molecule has 2 fully saturated rings. The van der Waals surface area contributed by atoms with Gasteiger partial charge in [-0.15, -0.1) is 24.0 Å². The molecule has 0 spiro atoms. The number of nitrogens with one attached hydrogen (secondary N) is 1. The van der Waals surface area contributed by atoms with Gasteiger partial charge in [0, 0.05) is 52.0 Å². The number of rotatable bonds is 6. The molecule has 0 bridgehead atoms. The van der Waals surface area contributed by atoms with E-state index in [-0.39, 0.29) is 24.0 Å². The molecule has 4 rings (SSSR count). The van der Waals surface area contributed by atoms with Gasteiger partial charge in [-0.05, 0) is 43.5 Å². The van der Waals surface area contributed by atoms with Crippen LogP contribution in [0.1, 0.15) is 25.3 Å². The first-order valence-corrected chi connectivity index (χ1v) is 11.4. The summed E-state index contributed by atoms with van der Waals surface area (Å²) in [5, 5.41) is 3.46. The number of aromatic nitrogens is 1. The van der Waals surface area contributed by atoms with Gasteiger partial charge in [0.05, 0.1) is 19.3 Å². The van der Waals surface area contributed by atoms with Gasteiger partial charge in [0.1, 0.15) is 11.6 Å². The Balaban J connectivity index is 0.00000289. The van der Waals surface area contributed by atoms with Crippen molar-refractivity contribution in [1.82, 2.24) is 15.2 Å². The quantitative estimate of drug-likeness (QED) is 0.337. The van der Waals surface area contributed by atoms with Crippen LogP contribution in [0, 0.1) is 0 Å². The van der Waals surface area contributed by atoms with E-state index in [0.29, 0.717) is 6.54 Å². The molecule has 2 aliphatic rings. The average Bonchev–Trinajstić information content (AvgIpc) is 3.37. The Kier molecular flexibility index (Phi) is 9.25.